The molecule has 26 heavy (non-hydrogen) atoms. The fourth-order valence-corrected chi connectivity index (χ4v) is 2.47. The molecule has 1 aromatic heterocycles. The van der Waals surface area contributed by atoms with Gasteiger partial charge in [0.1, 0.15) is 16.9 Å². The number of carbonyl (C=O) groups excluding carboxylic acids is 1. The van der Waals surface area contributed by atoms with E-state index in [2.05, 4.69) is 5.32 Å². The lowest BCUT2D eigenvalue weighted by Crippen LogP contribution is -2.30. The van der Waals surface area contributed by atoms with Crippen molar-refractivity contribution in [1.29, 1.82) is 0 Å². The molecule has 3 aromatic rings. The minimum Gasteiger partial charge on any atom is -0.497 e. The summed E-state index contributed by atoms with van der Waals surface area (Å²) in [6.07, 6.45) is 0. The average molecular weight is 353 g/mol. The number of amides is 1. The third kappa shape index (κ3) is 4.29. The van der Waals surface area contributed by atoms with Crippen molar-refractivity contribution in [3.63, 3.8) is 0 Å². The van der Waals surface area contributed by atoms with Crippen molar-refractivity contribution in [3.05, 3.63) is 76.1 Å². The minimum atomic E-state index is -0.687. The van der Waals surface area contributed by atoms with Crippen molar-refractivity contribution < 1.29 is 18.7 Å². The summed E-state index contributed by atoms with van der Waals surface area (Å²) in [7, 11) is 1.53. The Morgan fingerprint density at radius 3 is 2.69 bits per heavy atom. The van der Waals surface area contributed by atoms with E-state index < -0.39 is 11.5 Å². The number of hydrogen-bond acceptors (Lipinski definition) is 5. The third-order valence-corrected chi connectivity index (χ3v) is 3.83. The SMILES string of the molecule is COc1ccc2cc(C(=O)NCCOCc3ccccc3)c(=O)oc2c1. The molecule has 0 bridgehead atoms. The van der Waals surface area contributed by atoms with Crippen molar-refractivity contribution in [2.75, 3.05) is 20.3 Å². The van der Waals surface area contributed by atoms with Gasteiger partial charge in [0.15, 0.2) is 0 Å². The molecule has 6 heteroatoms. The molecule has 2 aromatic carbocycles. The van der Waals surface area contributed by atoms with E-state index in [9.17, 15) is 9.59 Å². The number of fused-ring (bicyclic) bond motifs is 1. The summed E-state index contributed by atoms with van der Waals surface area (Å²) in [5.41, 5.74) is 0.709. The number of methoxy groups -OCH3 is 1. The van der Waals surface area contributed by atoms with Crippen LogP contribution in [-0.2, 0) is 11.3 Å². The number of ether oxygens (including phenoxy) is 2. The molecule has 0 spiro atoms. The Morgan fingerprint density at radius 2 is 1.92 bits per heavy atom. The zero-order valence-corrected chi connectivity index (χ0v) is 14.4. The largest absolute Gasteiger partial charge is 0.497 e. The molecule has 1 amide bonds. The van der Waals surface area contributed by atoms with Crippen LogP contribution in [0.4, 0.5) is 0 Å². The lowest BCUT2D eigenvalue weighted by molar-refractivity contribution is 0.0897. The quantitative estimate of drug-likeness (QED) is 0.522. The minimum absolute atomic E-state index is 0.0364. The van der Waals surface area contributed by atoms with Gasteiger partial charge in [-0.15, -0.1) is 0 Å². The molecular formula is C20H19NO5. The van der Waals surface area contributed by atoms with E-state index in [1.54, 1.807) is 18.2 Å². The normalized spacial score (nSPS) is 10.7. The topological polar surface area (TPSA) is 77.8 Å². The number of hydrogen-bond donors (Lipinski definition) is 1. The first-order valence-electron chi connectivity index (χ1n) is 8.19. The highest BCUT2D eigenvalue weighted by Crippen LogP contribution is 2.20. The maximum atomic E-state index is 12.2. The van der Waals surface area contributed by atoms with Gasteiger partial charge in [-0.25, -0.2) is 4.79 Å². The maximum absolute atomic E-state index is 12.2. The van der Waals surface area contributed by atoms with Crippen LogP contribution in [0.15, 0.2) is 63.8 Å². The second-order valence-electron chi connectivity index (χ2n) is 5.65. The van der Waals surface area contributed by atoms with Crippen LogP contribution in [0.25, 0.3) is 11.0 Å². The Labute approximate surface area is 150 Å². The summed E-state index contributed by atoms with van der Waals surface area (Å²) in [4.78, 5) is 24.3. The van der Waals surface area contributed by atoms with Gasteiger partial charge >= 0.3 is 5.63 Å². The molecule has 6 nitrogen and oxygen atoms in total. The lowest BCUT2D eigenvalue weighted by atomic mass is 10.1. The van der Waals surface area contributed by atoms with E-state index in [-0.39, 0.29) is 5.56 Å². The van der Waals surface area contributed by atoms with Crippen LogP contribution < -0.4 is 15.7 Å². The molecule has 3 rings (SSSR count). The van der Waals surface area contributed by atoms with Crippen LogP contribution >= 0.6 is 0 Å². The standard InChI is InChI=1S/C20H19NO5/c1-24-16-8-7-15-11-17(20(23)26-18(15)12-16)19(22)21-9-10-25-13-14-5-3-2-4-6-14/h2-8,11-12H,9-10,13H2,1H3,(H,21,22). The Bertz CT molecular complexity index is 949. The van der Waals surface area contributed by atoms with Crippen LogP contribution in [0.5, 0.6) is 5.75 Å². The molecule has 0 aliphatic rings. The first-order valence-corrected chi connectivity index (χ1v) is 8.19. The van der Waals surface area contributed by atoms with Crippen molar-refractivity contribution in [3.8, 4) is 5.75 Å². The van der Waals surface area contributed by atoms with E-state index in [4.69, 9.17) is 13.9 Å². The lowest BCUT2D eigenvalue weighted by Gasteiger charge is -2.07. The second-order valence-corrected chi connectivity index (χ2v) is 5.65. The summed E-state index contributed by atoms with van der Waals surface area (Å²) in [6.45, 7) is 1.11. The maximum Gasteiger partial charge on any atom is 0.349 e. The van der Waals surface area contributed by atoms with Gasteiger partial charge in [0.05, 0.1) is 20.3 Å². The van der Waals surface area contributed by atoms with Crippen molar-refractivity contribution in [1.82, 2.24) is 5.32 Å². The molecule has 0 aliphatic heterocycles. The van der Waals surface area contributed by atoms with Gasteiger partial charge < -0.3 is 19.2 Å². The molecule has 0 radical (unpaired) electrons. The van der Waals surface area contributed by atoms with Gasteiger partial charge in [-0.1, -0.05) is 30.3 Å². The first-order chi connectivity index (χ1) is 12.7. The van der Waals surface area contributed by atoms with Crippen LogP contribution in [0.3, 0.4) is 0 Å². The Balaban J connectivity index is 1.57. The molecule has 0 aliphatic carbocycles. The van der Waals surface area contributed by atoms with E-state index in [0.29, 0.717) is 36.5 Å². The van der Waals surface area contributed by atoms with E-state index >= 15 is 0 Å². The monoisotopic (exact) mass is 353 g/mol. The predicted octanol–water partition coefficient (Wildman–Crippen LogP) is 2.75. The summed E-state index contributed by atoms with van der Waals surface area (Å²) in [6, 6.07) is 16.3. The second kappa shape index (κ2) is 8.31. The van der Waals surface area contributed by atoms with E-state index in [0.717, 1.165) is 5.56 Å². The number of carbonyl (C=O) groups is 1. The fraction of sp³-hybridized carbons (Fsp3) is 0.200. The van der Waals surface area contributed by atoms with Gasteiger partial charge in [-0.2, -0.15) is 0 Å². The molecule has 0 unspecified atom stereocenters. The van der Waals surface area contributed by atoms with Gasteiger partial charge in [-0.05, 0) is 23.8 Å². The van der Waals surface area contributed by atoms with Crippen LogP contribution in [0.1, 0.15) is 15.9 Å². The van der Waals surface area contributed by atoms with Gasteiger partial charge in [0.25, 0.3) is 5.91 Å². The van der Waals surface area contributed by atoms with E-state index in [1.807, 2.05) is 30.3 Å². The van der Waals surface area contributed by atoms with Gasteiger partial charge in [-0.3, -0.25) is 4.79 Å². The number of rotatable bonds is 7. The van der Waals surface area contributed by atoms with Crippen LogP contribution in [0.2, 0.25) is 0 Å². The molecule has 134 valence electrons. The molecule has 0 fully saturated rings. The first kappa shape index (κ1) is 17.7. The summed E-state index contributed by atoms with van der Waals surface area (Å²) >= 11 is 0. The number of benzene rings is 2. The van der Waals surface area contributed by atoms with Crippen LogP contribution in [0, 0.1) is 0 Å². The average Bonchev–Trinajstić information content (AvgIpc) is 2.67. The molecule has 1 N–H and O–H groups in total. The third-order valence-electron chi connectivity index (χ3n) is 3.83. The van der Waals surface area contributed by atoms with E-state index in [1.165, 1.54) is 13.2 Å². The summed E-state index contributed by atoms with van der Waals surface area (Å²) in [5.74, 6) is 0.0909. The molecule has 0 atom stereocenters. The van der Waals surface area contributed by atoms with Gasteiger partial charge in [0.2, 0.25) is 0 Å². The molecule has 0 saturated heterocycles. The molecular weight excluding hydrogens is 334 g/mol. The van der Waals surface area contributed by atoms with Crippen molar-refractivity contribution in [2.45, 2.75) is 6.61 Å². The van der Waals surface area contributed by atoms with Crippen LogP contribution in [-0.4, -0.2) is 26.2 Å². The summed E-state index contributed by atoms with van der Waals surface area (Å²) < 4.78 is 15.8. The summed E-state index contributed by atoms with van der Waals surface area (Å²) in [5, 5.41) is 3.31. The fourth-order valence-electron chi connectivity index (χ4n) is 2.47. The highest BCUT2D eigenvalue weighted by atomic mass is 16.5. The Hall–Kier alpha value is -3.12. The number of nitrogens with one attached hydrogen (secondary N) is 1. The van der Waals surface area contributed by atoms with Crippen molar-refractivity contribution >= 4 is 16.9 Å². The zero-order valence-electron chi connectivity index (χ0n) is 14.4. The Kier molecular flexibility index (Phi) is 5.66. The Morgan fingerprint density at radius 1 is 1.12 bits per heavy atom. The van der Waals surface area contributed by atoms with Crippen molar-refractivity contribution in [2.24, 2.45) is 0 Å². The van der Waals surface area contributed by atoms with Gasteiger partial charge in [0, 0.05) is 18.0 Å². The zero-order chi connectivity index (χ0) is 18.4. The highest BCUT2D eigenvalue weighted by Gasteiger charge is 2.13. The highest BCUT2D eigenvalue weighted by molar-refractivity contribution is 5.96. The smallest absolute Gasteiger partial charge is 0.349 e. The molecule has 1 heterocycles. The molecule has 0 saturated carbocycles. The predicted molar refractivity (Wildman–Crippen MR) is 97.5 cm³/mol.